The van der Waals surface area contributed by atoms with Crippen LogP contribution < -0.4 is 5.32 Å². The second kappa shape index (κ2) is 8.34. The lowest BCUT2D eigenvalue weighted by atomic mass is 10.1. The van der Waals surface area contributed by atoms with Crippen LogP contribution in [0.25, 0.3) is 11.1 Å². The number of hydrogen-bond donors (Lipinski definition) is 1. The number of alkyl carbamates (subject to hydrolysis) is 1. The maximum Gasteiger partial charge on any atom is 0.408 e. The number of thiazole rings is 1. The highest BCUT2D eigenvalue weighted by Crippen LogP contribution is 2.29. The van der Waals surface area contributed by atoms with E-state index in [9.17, 15) is 13.2 Å². The van der Waals surface area contributed by atoms with Crippen molar-refractivity contribution in [3.05, 3.63) is 65.8 Å². The van der Waals surface area contributed by atoms with E-state index in [-0.39, 0.29) is 15.6 Å². The van der Waals surface area contributed by atoms with Crippen LogP contribution in [0, 0.1) is 0 Å². The average Bonchev–Trinajstić information content (AvgIpc) is 3.16. The fraction of sp³-hybridized carbons (Fsp3) is 0.238. The van der Waals surface area contributed by atoms with Crippen LogP contribution in [-0.4, -0.2) is 25.1 Å². The first-order chi connectivity index (χ1) is 13.6. The Bertz CT molecular complexity index is 1100. The molecule has 0 aliphatic heterocycles. The number of sulfone groups is 1. The summed E-state index contributed by atoms with van der Waals surface area (Å²) in [5.74, 6) is 0. The van der Waals surface area contributed by atoms with E-state index >= 15 is 0 Å². The van der Waals surface area contributed by atoms with Crippen molar-refractivity contribution in [1.29, 1.82) is 0 Å². The van der Waals surface area contributed by atoms with E-state index in [1.165, 1.54) is 6.20 Å². The zero-order valence-electron chi connectivity index (χ0n) is 16.4. The molecule has 0 bridgehead atoms. The molecule has 0 spiro atoms. The van der Waals surface area contributed by atoms with Gasteiger partial charge < -0.3 is 10.1 Å². The van der Waals surface area contributed by atoms with Gasteiger partial charge in [-0.2, -0.15) is 0 Å². The minimum absolute atomic E-state index is 0.0964. The number of carbonyl (C=O) groups excluding carboxylic acids is 1. The molecule has 0 aliphatic rings. The molecule has 3 aromatic rings. The van der Waals surface area contributed by atoms with E-state index in [4.69, 9.17) is 4.74 Å². The van der Waals surface area contributed by atoms with Gasteiger partial charge in [-0.1, -0.05) is 42.5 Å². The first-order valence-electron chi connectivity index (χ1n) is 8.97. The molecule has 0 fully saturated rings. The molecule has 8 heteroatoms. The minimum atomic E-state index is -3.70. The summed E-state index contributed by atoms with van der Waals surface area (Å²) in [5, 5.41) is 3.06. The monoisotopic (exact) mass is 430 g/mol. The smallest absolute Gasteiger partial charge is 0.408 e. The number of ether oxygens (including phenoxy) is 1. The molecule has 29 heavy (non-hydrogen) atoms. The lowest BCUT2D eigenvalue weighted by Crippen LogP contribution is -2.32. The average molecular weight is 431 g/mol. The SMILES string of the molecule is CC(C)(C)OC(=O)NCc1ncc(S(=O)(=O)c2cccc(-c3ccccc3)c2)s1. The summed E-state index contributed by atoms with van der Waals surface area (Å²) in [6, 6.07) is 16.4. The fourth-order valence-electron chi connectivity index (χ4n) is 2.55. The van der Waals surface area contributed by atoms with Gasteiger partial charge in [0.15, 0.2) is 0 Å². The molecule has 1 amide bonds. The normalized spacial score (nSPS) is 11.8. The molecule has 0 aliphatic carbocycles. The Morgan fingerprint density at radius 2 is 1.76 bits per heavy atom. The molecule has 1 N–H and O–H groups in total. The Morgan fingerprint density at radius 1 is 1.07 bits per heavy atom. The Labute approximate surface area is 174 Å². The Morgan fingerprint density at radius 3 is 2.45 bits per heavy atom. The molecule has 3 rings (SSSR count). The second-order valence-electron chi connectivity index (χ2n) is 7.33. The predicted octanol–water partition coefficient (Wildman–Crippen LogP) is 4.67. The van der Waals surface area contributed by atoms with Crippen LogP contribution in [0.15, 0.2) is 69.9 Å². The molecule has 1 aromatic heterocycles. The van der Waals surface area contributed by atoms with Crippen molar-refractivity contribution in [3.8, 4) is 11.1 Å². The zero-order valence-corrected chi connectivity index (χ0v) is 18.0. The first kappa shape index (κ1) is 21.0. The summed E-state index contributed by atoms with van der Waals surface area (Å²) in [4.78, 5) is 16.1. The van der Waals surface area contributed by atoms with Crippen molar-refractivity contribution >= 4 is 27.3 Å². The zero-order chi connectivity index (χ0) is 21.1. The summed E-state index contributed by atoms with van der Waals surface area (Å²) in [6.45, 7) is 5.40. The van der Waals surface area contributed by atoms with Crippen LogP contribution in [0.4, 0.5) is 4.79 Å². The molecule has 0 saturated heterocycles. The van der Waals surface area contributed by atoms with Crippen LogP contribution in [0.2, 0.25) is 0 Å². The van der Waals surface area contributed by atoms with Crippen molar-refractivity contribution in [2.45, 2.75) is 42.0 Å². The molecule has 6 nitrogen and oxygen atoms in total. The summed E-state index contributed by atoms with van der Waals surface area (Å²) < 4.78 is 31.3. The lowest BCUT2D eigenvalue weighted by molar-refractivity contribution is 0.0523. The molecule has 2 aromatic carbocycles. The van der Waals surface area contributed by atoms with Gasteiger partial charge in [0, 0.05) is 0 Å². The molecule has 0 atom stereocenters. The van der Waals surface area contributed by atoms with Gasteiger partial charge in [-0.05, 0) is 44.0 Å². The minimum Gasteiger partial charge on any atom is -0.444 e. The number of carbonyl (C=O) groups is 1. The van der Waals surface area contributed by atoms with Crippen molar-refractivity contribution in [2.75, 3.05) is 0 Å². The fourth-order valence-corrected chi connectivity index (χ4v) is 5.12. The number of rotatable bonds is 5. The number of nitrogens with one attached hydrogen (secondary N) is 1. The number of aromatic nitrogens is 1. The highest BCUT2D eigenvalue weighted by atomic mass is 32.2. The third-order valence-corrected chi connectivity index (χ3v) is 7.04. The number of benzene rings is 2. The van der Waals surface area contributed by atoms with E-state index in [2.05, 4.69) is 10.3 Å². The van der Waals surface area contributed by atoms with Crippen LogP contribution in [0.1, 0.15) is 25.8 Å². The molecule has 152 valence electrons. The highest BCUT2D eigenvalue weighted by molar-refractivity contribution is 7.93. The van der Waals surface area contributed by atoms with Crippen LogP contribution in [-0.2, 0) is 21.1 Å². The number of hydrogen-bond acceptors (Lipinski definition) is 6. The summed E-state index contributed by atoms with van der Waals surface area (Å²) in [5.41, 5.74) is 1.16. The second-order valence-corrected chi connectivity index (χ2v) is 10.6. The van der Waals surface area contributed by atoms with Gasteiger partial charge in [0.05, 0.1) is 17.6 Å². The van der Waals surface area contributed by atoms with Crippen LogP contribution in [0.3, 0.4) is 0 Å². The quantitative estimate of drug-likeness (QED) is 0.636. The van der Waals surface area contributed by atoms with Gasteiger partial charge in [0.2, 0.25) is 9.84 Å². The Kier molecular flexibility index (Phi) is 6.04. The van der Waals surface area contributed by atoms with Crippen molar-refractivity contribution in [3.63, 3.8) is 0 Å². The summed E-state index contributed by atoms with van der Waals surface area (Å²) in [6.07, 6.45) is 0.744. The highest BCUT2D eigenvalue weighted by Gasteiger charge is 2.22. The van der Waals surface area contributed by atoms with Gasteiger partial charge in [0.25, 0.3) is 0 Å². The topological polar surface area (TPSA) is 85.4 Å². The molecule has 0 radical (unpaired) electrons. The van der Waals surface area contributed by atoms with E-state index in [0.29, 0.717) is 5.01 Å². The van der Waals surface area contributed by atoms with Gasteiger partial charge in [-0.15, -0.1) is 11.3 Å². The van der Waals surface area contributed by atoms with Crippen molar-refractivity contribution < 1.29 is 17.9 Å². The number of amides is 1. The van der Waals surface area contributed by atoms with E-state index in [0.717, 1.165) is 22.5 Å². The van der Waals surface area contributed by atoms with Crippen molar-refractivity contribution in [2.24, 2.45) is 0 Å². The molecule has 0 unspecified atom stereocenters. The van der Waals surface area contributed by atoms with Gasteiger partial charge >= 0.3 is 6.09 Å². The van der Waals surface area contributed by atoms with E-state index in [1.807, 2.05) is 36.4 Å². The maximum absolute atomic E-state index is 13.0. The Hall–Kier alpha value is -2.71. The lowest BCUT2D eigenvalue weighted by Gasteiger charge is -2.19. The largest absolute Gasteiger partial charge is 0.444 e. The Balaban J connectivity index is 1.77. The van der Waals surface area contributed by atoms with Crippen LogP contribution >= 0.6 is 11.3 Å². The molecule has 1 heterocycles. The molecular weight excluding hydrogens is 408 g/mol. The van der Waals surface area contributed by atoms with E-state index < -0.39 is 21.5 Å². The van der Waals surface area contributed by atoms with Crippen molar-refractivity contribution in [1.82, 2.24) is 10.3 Å². The third kappa shape index (κ3) is 5.42. The van der Waals surface area contributed by atoms with E-state index in [1.54, 1.807) is 39.0 Å². The third-order valence-electron chi connectivity index (χ3n) is 3.83. The van der Waals surface area contributed by atoms with Gasteiger partial charge in [-0.3, -0.25) is 0 Å². The van der Waals surface area contributed by atoms with Gasteiger partial charge in [-0.25, -0.2) is 18.2 Å². The molecule has 0 saturated carbocycles. The standard InChI is InChI=1S/C21H22N2O4S2/c1-21(2,3)27-20(24)23-13-18-22-14-19(28-18)29(25,26)17-11-7-10-16(12-17)15-8-5-4-6-9-15/h4-12,14H,13H2,1-3H3,(H,23,24). The summed E-state index contributed by atoms with van der Waals surface area (Å²) >= 11 is 1.03. The predicted molar refractivity (Wildman–Crippen MR) is 113 cm³/mol. The summed E-state index contributed by atoms with van der Waals surface area (Å²) in [7, 11) is -3.70. The maximum atomic E-state index is 13.0. The first-order valence-corrected chi connectivity index (χ1v) is 11.3. The number of nitrogens with zero attached hydrogens (tertiary/aromatic N) is 1. The van der Waals surface area contributed by atoms with Gasteiger partial charge in [0.1, 0.15) is 14.8 Å². The molecular formula is C21H22N2O4S2. The van der Waals surface area contributed by atoms with Crippen LogP contribution in [0.5, 0.6) is 0 Å².